The van der Waals surface area contributed by atoms with Crippen LogP contribution in [0.5, 0.6) is 0 Å². The maximum Gasteiger partial charge on any atom is 0.293 e. The molecule has 2 aromatic carbocycles. The van der Waals surface area contributed by atoms with Crippen LogP contribution < -0.4 is 0 Å². The highest BCUT2D eigenvalue weighted by Gasteiger charge is 2.28. The van der Waals surface area contributed by atoms with Crippen molar-refractivity contribution in [3.8, 4) is 17.1 Å². The fourth-order valence-electron chi connectivity index (χ4n) is 3.81. The molecule has 0 bridgehead atoms. The molecule has 0 N–H and O–H groups in total. The number of carbonyl (C=O) groups excluding carboxylic acids is 1. The fraction of sp³-hybridized carbons (Fsp3) is 0.227. The molecule has 150 valence electrons. The molecule has 0 aliphatic carbocycles. The number of para-hydroxylation sites is 1. The van der Waals surface area contributed by atoms with Crippen molar-refractivity contribution in [2.45, 2.75) is 18.9 Å². The molecule has 1 amide bonds. The lowest BCUT2D eigenvalue weighted by molar-refractivity contribution is 0.0677. The average Bonchev–Trinajstić information content (AvgIpc) is 3.51. The second-order valence-corrected chi connectivity index (χ2v) is 7.27. The minimum Gasteiger partial charge on any atom is -0.336 e. The lowest BCUT2D eigenvalue weighted by Crippen LogP contribution is -2.39. The standard InChI is InChI=1S/C22H21N7O/c30-22(27-13-11-18(12-14-27)28-16-23-15-24-28)20-25-21(17-7-3-1-4-8-17)29(26-20)19-9-5-2-6-10-19/h1-10,15-16,18H,11-14H2. The quantitative estimate of drug-likeness (QED) is 0.527. The van der Waals surface area contributed by atoms with E-state index in [9.17, 15) is 4.79 Å². The molecule has 0 saturated carbocycles. The van der Waals surface area contributed by atoms with Crippen LogP contribution in [0, 0.1) is 0 Å². The van der Waals surface area contributed by atoms with Crippen LogP contribution in [0.15, 0.2) is 73.3 Å². The molecular formula is C22H21N7O. The van der Waals surface area contributed by atoms with Gasteiger partial charge in [-0.25, -0.2) is 19.3 Å². The summed E-state index contributed by atoms with van der Waals surface area (Å²) in [5.74, 6) is 0.735. The summed E-state index contributed by atoms with van der Waals surface area (Å²) >= 11 is 0. The van der Waals surface area contributed by atoms with Crippen LogP contribution in [0.4, 0.5) is 0 Å². The zero-order valence-corrected chi connectivity index (χ0v) is 16.4. The van der Waals surface area contributed by atoms with Crippen LogP contribution in [0.2, 0.25) is 0 Å². The van der Waals surface area contributed by atoms with Crippen molar-refractivity contribution in [3.05, 3.63) is 79.1 Å². The molecular weight excluding hydrogens is 378 g/mol. The van der Waals surface area contributed by atoms with Gasteiger partial charge in [0.05, 0.1) is 11.7 Å². The first-order chi connectivity index (χ1) is 14.8. The third-order valence-electron chi connectivity index (χ3n) is 5.39. The number of likely N-dealkylation sites (tertiary alicyclic amines) is 1. The van der Waals surface area contributed by atoms with Crippen molar-refractivity contribution >= 4 is 5.91 Å². The van der Waals surface area contributed by atoms with E-state index in [1.807, 2.05) is 70.2 Å². The van der Waals surface area contributed by atoms with Gasteiger partial charge in [-0.1, -0.05) is 48.5 Å². The highest BCUT2D eigenvalue weighted by Crippen LogP contribution is 2.24. The topological polar surface area (TPSA) is 81.7 Å². The predicted octanol–water partition coefficient (Wildman–Crippen LogP) is 3.00. The summed E-state index contributed by atoms with van der Waals surface area (Å²) in [6, 6.07) is 19.8. The lowest BCUT2D eigenvalue weighted by atomic mass is 10.1. The summed E-state index contributed by atoms with van der Waals surface area (Å²) in [7, 11) is 0. The molecule has 30 heavy (non-hydrogen) atoms. The number of amides is 1. The third kappa shape index (κ3) is 3.47. The van der Waals surface area contributed by atoms with Gasteiger partial charge in [-0.15, -0.1) is 5.10 Å². The first kappa shape index (κ1) is 18.2. The summed E-state index contributed by atoms with van der Waals surface area (Å²) in [5, 5.41) is 8.81. The van der Waals surface area contributed by atoms with Crippen molar-refractivity contribution in [1.29, 1.82) is 0 Å². The normalized spacial score (nSPS) is 14.7. The molecule has 8 heteroatoms. The van der Waals surface area contributed by atoms with Crippen molar-refractivity contribution in [2.75, 3.05) is 13.1 Å². The number of hydrogen-bond acceptors (Lipinski definition) is 5. The SMILES string of the molecule is O=C(c1nc(-c2ccccc2)n(-c2ccccc2)n1)N1CCC(n2cncn2)CC1. The molecule has 8 nitrogen and oxygen atoms in total. The number of nitrogens with zero attached hydrogens (tertiary/aromatic N) is 7. The van der Waals surface area contributed by atoms with E-state index in [0.717, 1.165) is 24.1 Å². The van der Waals surface area contributed by atoms with Crippen molar-refractivity contribution in [2.24, 2.45) is 0 Å². The van der Waals surface area contributed by atoms with Gasteiger partial charge in [-0.2, -0.15) is 5.10 Å². The number of benzene rings is 2. The third-order valence-corrected chi connectivity index (χ3v) is 5.39. The molecule has 1 saturated heterocycles. The van der Waals surface area contributed by atoms with E-state index in [-0.39, 0.29) is 17.8 Å². The van der Waals surface area contributed by atoms with E-state index in [0.29, 0.717) is 18.9 Å². The lowest BCUT2D eigenvalue weighted by Gasteiger charge is -2.31. The first-order valence-corrected chi connectivity index (χ1v) is 10.0. The molecule has 0 spiro atoms. The summed E-state index contributed by atoms with van der Waals surface area (Å²) in [6.07, 6.45) is 4.94. The maximum atomic E-state index is 13.2. The van der Waals surface area contributed by atoms with Gasteiger partial charge in [0.25, 0.3) is 5.91 Å². The molecule has 1 aliphatic rings. The van der Waals surface area contributed by atoms with Crippen LogP contribution in [-0.4, -0.2) is 53.4 Å². The highest BCUT2D eigenvalue weighted by atomic mass is 16.2. The molecule has 1 aliphatic heterocycles. The van der Waals surface area contributed by atoms with Gasteiger partial charge in [0.15, 0.2) is 5.82 Å². The van der Waals surface area contributed by atoms with Crippen LogP contribution in [-0.2, 0) is 0 Å². The Morgan fingerprint density at radius 2 is 1.63 bits per heavy atom. The maximum absolute atomic E-state index is 13.2. The van der Waals surface area contributed by atoms with Crippen LogP contribution in [0.25, 0.3) is 17.1 Å². The molecule has 4 aromatic rings. The fourth-order valence-corrected chi connectivity index (χ4v) is 3.81. The van der Waals surface area contributed by atoms with Gasteiger partial charge in [0.2, 0.25) is 5.82 Å². The van der Waals surface area contributed by atoms with E-state index < -0.39 is 0 Å². The van der Waals surface area contributed by atoms with Gasteiger partial charge >= 0.3 is 0 Å². The number of rotatable bonds is 4. The Bertz CT molecular complexity index is 1060. The zero-order valence-electron chi connectivity index (χ0n) is 16.4. The first-order valence-electron chi connectivity index (χ1n) is 10.0. The number of piperidine rings is 1. The van der Waals surface area contributed by atoms with Gasteiger partial charge in [0.1, 0.15) is 12.7 Å². The van der Waals surface area contributed by atoms with Crippen molar-refractivity contribution < 1.29 is 4.79 Å². The van der Waals surface area contributed by atoms with Gasteiger partial charge in [-0.3, -0.25) is 4.79 Å². The second-order valence-electron chi connectivity index (χ2n) is 7.27. The molecule has 2 aromatic heterocycles. The van der Waals surface area contributed by atoms with Gasteiger partial charge in [-0.05, 0) is 25.0 Å². The Morgan fingerprint density at radius 1 is 0.933 bits per heavy atom. The minimum absolute atomic E-state index is 0.140. The largest absolute Gasteiger partial charge is 0.336 e. The second kappa shape index (κ2) is 7.90. The Hall–Kier alpha value is -3.81. The molecule has 5 rings (SSSR count). The van der Waals surface area contributed by atoms with Gasteiger partial charge < -0.3 is 4.90 Å². The zero-order chi connectivity index (χ0) is 20.3. The summed E-state index contributed by atoms with van der Waals surface area (Å²) in [6.45, 7) is 1.29. The molecule has 1 fully saturated rings. The minimum atomic E-state index is -0.140. The molecule has 0 atom stereocenters. The average molecular weight is 399 g/mol. The molecule has 0 unspecified atom stereocenters. The van der Waals surface area contributed by atoms with Gasteiger partial charge in [0, 0.05) is 18.7 Å². The number of hydrogen-bond donors (Lipinski definition) is 0. The molecule has 3 heterocycles. The van der Waals surface area contributed by atoms with Crippen LogP contribution in [0.3, 0.4) is 0 Å². The van der Waals surface area contributed by atoms with Crippen LogP contribution >= 0.6 is 0 Å². The van der Waals surface area contributed by atoms with Crippen LogP contribution in [0.1, 0.15) is 29.5 Å². The van der Waals surface area contributed by atoms with E-state index in [1.54, 1.807) is 17.3 Å². The monoisotopic (exact) mass is 399 g/mol. The Balaban J connectivity index is 1.42. The van der Waals surface area contributed by atoms with Crippen molar-refractivity contribution in [1.82, 2.24) is 34.4 Å². The summed E-state index contributed by atoms with van der Waals surface area (Å²) in [4.78, 5) is 23.7. The summed E-state index contributed by atoms with van der Waals surface area (Å²) in [5.41, 5.74) is 1.78. The smallest absolute Gasteiger partial charge is 0.293 e. The Labute approximate surface area is 173 Å². The van der Waals surface area contributed by atoms with E-state index >= 15 is 0 Å². The van der Waals surface area contributed by atoms with E-state index in [4.69, 9.17) is 0 Å². The van der Waals surface area contributed by atoms with E-state index in [1.165, 1.54) is 0 Å². The predicted molar refractivity (Wildman–Crippen MR) is 111 cm³/mol. The number of carbonyl (C=O) groups is 1. The highest BCUT2D eigenvalue weighted by molar-refractivity contribution is 5.91. The summed E-state index contributed by atoms with van der Waals surface area (Å²) < 4.78 is 3.61. The number of aromatic nitrogens is 6. The van der Waals surface area contributed by atoms with E-state index in [2.05, 4.69) is 20.2 Å². The Morgan fingerprint density at radius 3 is 2.30 bits per heavy atom. The van der Waals surface area contributed by atoms with Crippen molar-refractivity contribution in [3.63, 3.8) is 0 Å². The Kier molecular flexibility index (Phi) is 4.80. The molecule has 0 radical (unpaired) electrons.